The second-order valence-corrected chi connectivity index (χ2v) is 6.68. The number of hydrogen-bond donors (Lipinski definition) is 1. The van der Waals surface area contributed by atoms with Crippen LogP contribution in [0.3, 0.4) is 0 Å². The summed E-state index contributed by atoms with van der Waals surface area (Å²) in [5.41, 5.74) is 2.75. The van der Waals surface area contributed by atoms with Gasteiger partial charge in [0.1, 0.15) is 5.75 Å². The van der Waals surface area contributed by atoms with Crippen LogP contribution in [0.25, 0.3) is 0 Å². The summed E-state index contributed by atoms with van der Waals surface area (Å²) in [5, 5.41) is 3.43. The Hall–Kier alpha value is -2.53. The van der Waals surface area contributed by atoms with E-state index in [4.69, 9.17) is 21.1 Å². The van der Waals surface area contributed by atoms with Gasteiger partial charge in [-0.2, -0.15) is 0 Å². The Balaban J connectivity index is 1.95. The molecular weight excluding hydrogens is 366 g/mol. The molecule has 0 radical (unpaired) electrons. The number of hydrogen-bond acceptors (Lipinski definition) is 4. The van der Waals surface area contributed by atoms with E-state index in [9.17, 15) is 9.59 Å². The summed E-state index contributed by atoms with van der Waals surface area (Å²) >= 11 is 5.82. The summed E-state index contributed by atoms with van der Waals surface area (Å²) in [4.78, 5) is 24.7. The molecule has 2 rings (SSSR count). The normalized spacial score (nSPS) is 12.8. The Morgan fingerprint density at radius 3 is 2.37 bits per heavy atom. The van der Waals surface area contributed by atoms with Crippen molar-refractivity contribution in [1.82, 2.24) is 0 Å². The van der Waals surface area contributed by atoms with Crippen molar-refractivity contribution in [2.24, 2.45) is 0 Å². The van der Waals surface area contributed by atoms with Gasteiger partial charge in [-0.3, -0.25) is 4.79 Å². The smallest absolute Gasteiger partial charge is 0.347 e. The molecule has 0 aliphatic rings. The van der Waals surface area contributed by atoms with Crippen LogP contribution in [0.2, 0.25) is 5.02 Å². The number of carbonyl (C=O) groups is 2. The molecule has 0 aliphatic carbocycles. The van der Waals surface area contributed by atoms with Crippen LogP contribution in [0.1, 0.15) is 31.9 Å². The molecule has 0 fully saturated rings. The predicted octanol–water partition coefficient (Wildman–Crippen LogP) is 4.55. The molecule has 0 spiro atoms. The first kappa shape index (κ1) is 20.8. The molecule has 0 bridgehead atoms. The molecule has 0 aliphatic heterocycles. The molecule has 27 heavy (non-hydrogen) atoms. The first-order chi connectivity index (χ1) is 12.8. The third-order valence-corrected chi connectivity index (χ3v) is 4.36. The van der Waals surface area contributed by atoms with E-state index in [1.54, 1.807) is 31.2 Å². The first-order valence-electron chi connectivity index (χ1n) is 8.83. The van der Waals surface area contributed by atoms with Crippen LogP contribution in [0.4, 0.5) is 5.69 Å². The standard InChI is InChI=1S/C21H24ClNO4/c1-5-16-8-6-7-13(2)19(16)23-20(24)14(3)27-21(25)15(4)26-18-11-9-17(22)10-12-18/h6-12,14-15H,5H2,1-4H3,(H,23,24)/t14-,15+/m1/s1. The Morgan fingerprint density at radius 1 is 1.07 bits per heavy atom. The number of esters is 1. The highest BCUT2D eigenvalue weighted by Gasteiger charge is 2.24. The molecule has 2 aromatic rings. The molecule has 1 amide bonds. The maximum absolute atomic E-state index is 12.4. The van der Waals surface area contributed by atoms with Crippen molar-refractivity contribution < 1.29 is 19.1 Å². The lowest BCUT2D eigenvalue weighted by Crippen LogP contribution is -2.35. The molecular formula is C21H24ClNO4. The van der Waals surface area contributed by atoms with Crippen LogP contribution in [-0.2, 0) is 20.7 Å². The average molecular weight is 390 g/mol. The van der Waals surface area contributed by atoms with E-state index in [-0.39, 0.29) is 5.91 Å². The zero-order valence-electron chi connectivity index (χ0n) is 15.9. The molecule has 0 saturated carbocycles. The van der Waals surface area contributed by atoms with Gasteiger partial charge in [-0.05, 0) is 62.6 Å². The van der Waals surface area contributed by atoms with Gasteiger partial charge in [-0.15, -0.1) is 0 Å². The SMILES string of the molecule is CCc1cccc(C)c1NC(=O)[C@@H](C)OC(=O)[C@H](C)Oc1ccc(Cl)cc1. The Labute approximate surface area is 164 Å². The number of para-hydroxylation sites is 1. The van der Waals surface area contributed by atoms with Crippen molar-refractivity contribution in [3.05, 3.63) is 58.6 Å². The van der Waals surface area contributed by atoms with Gasteiger partial charge in [-0.25, -0.2) is 4.79 Å². The Kier molecular flexibility index (Phi) is 7.25. The zero-order chi connectivity index (χ0) is 20.0. The van der Waals surface area contributed by atoms with Crippen LogP contribution >= 0.6 is 11.6 Å². The maximum atomic E-state index is 12.4. The predicted molar refractivity (Wildman–Crippen MR) is 106 cm³/mol. The quantitative estimate of drug-likeness (QED) is 0.705. The molecule has 0 unspecified atom stereocenters. The number of nitrogens with one attached hydrogen (secondary N) is 1. The number of aryl methyl sites for hydroxylation is 2. The number of carbonyl (C=O) groups excluding carboxylic acids is 2. The van der Waals surface area contributed by atoms with Crippen molar-refractivity contribution in [3.8, 4) is 5.75 Å². The molecule has 2 atom stereocenters. The van der Waals surface area contributed by atoms with E-state index in [0.717, 1.165) is 23.2 Å². The topological polar surface area (TPSA) is 64.6 Å². The summed E-state index contributed by atoms with van der Waals surface area (Å²) in [6, 6.07) is 12.5. The van der Waals surface area contributed by atoms with Crippen LogP contribution in [0, 0.1) is 6.92 Å². The van der Waals surface area contributed by atoms with Crippen molar-refractivity contribution in [2.75, 3.05) is 5.32 Å². The first-order valence-corrected chi connectivity index (χ1v) is 9.21. The largest absolute Gasteiger partial charge is 0.479 e. The van der Waals surface area contributed by atoms with Gasteiger partial charge in [0.05, 0.1) is 0 Å². The zero-order valence-corrected chi connectivity index (χ0v) is 16.7. The molecule has 1 N–H and O–H groups in total. The average Bonchev–Trinajstić information content (AvgIpc) is 2.64. The lowest BCUT2D eigenvalue weighted by molar-refractivity contribution is -0.159. The van der Waals surface area contributed by atoms with Gasteiger partial charge in [0.25, 0.3) is 5.91 Å². The van der Waals surface area contributed by atoms with E-state index >= 15 is 0 Å². The third kappa shape index (κ3) is 5.73. The Morgan fingerprint density at radius 2 is 1.74 bits per heavy atom. The molecule has 6 heteroatoms. The van der Waals surface area contributed by atoms with Crippen LogP contribution in [-0.4, -0.2) is 24.1 Å². The minimum Gasteiger partial charge on any atom is -0.479 e. The van der Waals surface area contributed by atoms with E-state index in [0.29, 0.717) is 10.8 Å². The maximum Gasteiger partial charge on any atom is 0.347 e. The number of amides is 1. The van der Waals surface area contributed by atoms with Crippen LogP contribution < -0.4 is 10.1 Å². The van der Waals surface area contributed by atoms with E-state index in [1.165, 1.54) is 6.92 Å². The lowest BCUT2D eigenvalue weighted by Gasteiger charge is -2.19. The van der Waals surface area contributed by atoms with Gasteiger partial charge in [0, 0.05) is 10.7 Å². The summed E-state index contributed by atoms with van der Waals surface area (Å²) in [6.45, 7) is 7.04. The van der Waals surface area contributed by atoms with E-state index in [1.807, 2.05) is 32.0 Å². The van der Waals surface area contributed by atoms with Crippen molar-refractivity contribution in [3.63, 3.8) is 0 Å². The highest BCUT2D eigenvalue weighted by molar-refractivity contribution is 6.30. The van der Waals surface area contributed by atoms with Crippen LogP contribution in [0.5, 0.6) is 5.75 Å². The minimum absolute atomic E-state index is 0.383. The second-order valence-electron chi connectivity index (χ2n) is 6.24. The second kappa shape index (κ2) is 9.42. The van der Waals surface area contributed by atoms with Crippen molar-refractivity contribution in [1.29, 1.82) is 0 Å². The third-order valence-electron chi connectivity index (χ3n) is 4.11. The number of benzene rings is 2. The highest BCUT2D eigenvalue weighted by atomic mass is 35.5. The molecule has 2 aromatic carbocycles. The minimum atomic E-state index is -0.946. The molecule has 144 valence electrons. The van der Waals surface area contributed by atoms with Crippen LogP contribution in [0.15, 0.2) is 42.5 Å². The van der Waals surface area contributed by atoms with Crippen molar-refractivity contribution in [2.45, 2.75) is 46.3 Å². The van der Waals surface area contributed by atoms with Gasteiger partial charge in [0.2, 0.25) is 0 Å². The number of halogens is 1. The highest BCUT2D eigenvalue weighted by Crippen LogP contribution is 2.22. The molecule has 0 heterocycles. The summed E-state index contributed by atoms with van der Waals surface area (Å²) < 4.78 is 10.8. The fourth-order valence-corrected chi connectivity index (χ4v) is 2.64. The Bertz CT molecular complexity index is 804. The van der Waals surface area contributed by atoms with Gasteiger partial charge < -0.3 is 14.8 Å². The number of rotatable bonds is 7. The molecule has 0 aromatic heterocycles. The number of ether oxygens (including phenoxy) is 2. The molecule has 5 nitrogen and oxygen atoms in total. The fourth-order valence-electron chi connectivity index (χ4n) is 2.52. The van der Waals surface area contributed by atoms with Gasteiger partial charge >= 0.3 is 5.97 Å². The number of anilines is 1. The molecule has 0 saturated heterocycles. The summed E-state index contributed by atoms with van der Waals surface area (Å²) in [7, 11) is 0. The van der Waals surface area contributed by atoms with Crippen molar-refractivity contribution >= 4 is 29.2 Å². The summed E-state index contributed by atoms with van der Waals surface area (Å²) in [6.07, 6.45) is -1.01. The van der Waals surface area contributed by atoms with Gasteiger partial charge in [-0.1, -0.05) is 36.7 Å². The summed E-state index contributed by atoms with van der Waals surface area (Å²) in [5.74, 6) is -0.507. The van der Waals surface area contributed by atoms with E-state index < -0.39 is 18.2 Å². The fraction of sp³-hybridized carbons (Fsp3) is 0.333. The van der Waals surface area contributed by atoms with Gasteiger partial charge in [0.15, 0.2) is 12.2 Å². The lowest BCUT2D eigenvalue weighted by atomic mass is 10.1. The monoisotopic (exact) mass is 389 g/mol. The van der Waals surface area contributed by atoms with E-state index in [2.05, 4.69) is 5.32 Å².